The first-order chi connectivity index (χ1) is 12.9. The number of hydrogen-bond acceptors (Lipinski definition) is 4. The number of halogens is 2. The van der Waals surface area contributed by atoms with Crippen LogP contribution in [-0.2, 0) is 0 Å². The minimum atomic E-state index is -0.206. The Morgan fingerprint density at radius 3 is 2.22 bits per heavy atom. The number of hydrogen-bond donors (Lipinski definition) is 0. The molecule has 0 aromatic heterocycles. The van der Waals surface area contributed by atoms with Crippen LogP contribution in [0.3, 0.4) is 0 Å². The highest BCUT2D eigenvalue weighted by Crippen LogP contribution is 2.28. The van der Waals surface area contributed by atoms with E-state index in [2.05, 4.69) is 6.07 Å². The van der Waals surface area contributed by atoms with Gasteiger partial charge in [-0.1, -0.05) is 29.3 Å². The summed E-state index contributed by atoms with van der Waals surface area (Å²) in [7, 11) is 0. The molecule has 5 nitrogen and oxygen atoms in total. The van der Waals surface area contributed by atoms with Gasteiger partial charge in [0.1, 0.15) is 0 Å². The highest BCUT2D eigenvalue weighted by atomic mass is 35.5. The van der Waals surface area contributed by atoms with Crippen LogP contribution in [0.2, 0.25) is 10.0 Å². The van der Waals surface area contributed by atoms with Gasteiger partial charge in [0.15, 0.2) is 5.78 Å². The molecular formula is C20H17Cl2N3O2. The maximum atomic E-state index is 12.8. The van der Waals surface area contributed by atoms with Crippen molar-refractivity contribution >= 4 is 40.6 Å². The summed E-state index contributed by atoms with van der Waals surface area (Å²) >= 11 is 12.3. The van der Waals surface area contributed by atoms with E-state index in [1.54, 1.807) is 41.3 Å². The quantitative estimate of drug-likeness (QED) is 0.728. The van der Waals surface area contributed by atoms with E-state index in [0.717, 1.165) is 5.69 Å². The summed E-state index contributed by atoms with van der Waals surface area (Å²) in [6.45, 7) is 3.53. The minimum absolute atomic E-state index is 0.0594. The van der Waals surface area contributed by atoms with Crippen molar-refractivity contribution < 1.29 is 9.59 Å². The predicted molar refractivity (Wildman–Crippen MR) is 106 cm³/mol. The fourth-order valence-electron chi connectivity index (χ4n) is 3.17. The molecule has 2 aromatic rings. The molecule has 7 heteroatoms. The van der Waals surface area contributed by atoms with E-state index in [1.165, 1.54) is 6.92 Å². The standard InChI is InChI=1S/C20H17Cl2N3O2/c1-13(26)15-6-5-14(12-23)11-18(15)24-7-9-25(10-8-24)20(27)19-16(21)3-2-4-17(19)22/h2-6,11H,7-10H2,1H3. The van der Waals surface area contributed by atoms with Crippen molar-refractivity contribution in [2.45, 2.75) is 6.92 Å². The van der Waals surface area contributed by atoms with E-state index < -0.39 is 0 Å². The predicted octanol–water partition coefficient (Wildman–Crippen LogP) is 4.03. The molecule has 0 radical (unpaired) electrons. The van der Waals surface area contributed by atoms with E-state index in [9.17, 15) is 9.59 Å². The number of piperazine rings is 1. The van der Waals surface area contributed by atoms with Gasteiger partial charge in [0.2, 0.25) is 0 Å². The van der Waals surface area contributed by atoms with Crippen LogP contribution in [0.5, 0.6) is 0 Å². The van der Waals surface area contributed by atoms with Gasteiger partial charge in [-0.2, -0.15) is 5.26 Å². The summed E-state index contributed by atoms with van der Waals surface area (Å²) in [6, 6.07) is 12.1. The summed E-state index contributed by atoms with van der Waals surface area (Å²) in [4.78, 5) is 28.5. The molecule has 0 N–H and O–H groups in total. The smallest absolute Gasteiger partial charge is 0.257 e. The SMILES string of the molecule is CC(=O)c1ccc(C#N)cc1N1CCN(C(=O)c2c(Cl)cccc2Cl)CC1. The molecule has 138 valence electrons. The van der Waals surface area contributed by atoms with Gasteiger partial charge in [0, 0.05) is 37.4 Å². The molecule has 3 rings (SSSR count). The fourth-order valence-corrected chi connectivity index (χ4v) is 3.73. The number of nitrogens with zero attached hydrogens (tertiary/aromatic N) is 3. The van der Waals surface area contributed by atoms with Crippen LogP contribution in [0, 0.1) is 11.3 Å². The third-order valence-corrected chi connectivity index (χ3v) is 5.22. The number of benzene rings is 2. The van der Waals surface area contributed by atoms with Crippen LogP contribution >= 0.6 is 23.2 Å². The third kappa shape index (κ3) is 3.92. The van der Waals surface area contributed by atoms with Gasteiger partial charge < -0.3 is 9.80 Å². The minimum Gasteiger partial charge on any atom is -0.367 e. The largest absolute Gasteiger partial charge is 0.367 e. The lowest BCUT2D eigenvalue weighted by atomic mass is 10.0. The molecule has 0 saturated carbocycles. The van der Waals surface area contributed by atoms with E-state index in [1.807, 2.05) is 4.90 Å². The lowest BCUT2D eigenvalue weighted by Crippen LogP contribution is -2.49. The molecule has 2 aromatic carbocycles. The normalized spacial score (nSPS) is 14.0. The zero-order valence-corrected chi connectivity index (χ0v) is 16.2. The number of nitriles is 1. The van der Waals surface area contributed by atoms with Crippen molar-refractivity contribution in [1.82, 2.24) is 4.90 Å². The molecule has 0 spiro atoms. The molecular weight excluding hydrogens is 385 g/mol. The number of carbonyl (C=O) groups is 2. The zero-order valence-electron chi connectivity index (χ0n) is 14.7. The van der Waals surface area contributed by atoms with Gasteiger partial charge in [0.05, 0.1) is 27.2 Å². The molecule has 1 amide bonds. The van der Waals surface area contributed by atoms with Crippen molar-refractivity contribution in [2.75, 3.05) is 31.1 Å². The first-order valence-electron chi connectivity index (χ1n) is 8.45. The molecule has 1 fully saturated rings. The Morgan fingerprint density at radius 2 is 1.67 bits per heavy atom. The molecule has 1 heterocycles. The average Bonchev–Trinajstić information content (AvgIpc) is 2.67. The zero-order chi connectivity index (χ0) is 19.6. The number of amides is 1. The number of carbonyl (C=O) groups excluding carboxylic acids is 2. The first kappa shape index (κ1) is 19.2. The van der Waals surface area contributed by atoms with Crippen molar-refractivity contribution in [3.63, 3.8) is 0 Å². The van der Waals surface area contributed by atoms with Crippen LogP contribution in [0.15, 0.2) is 36.4 Å². The number of Topliss-reactive ketones (excluding diaryl/α,β-unsaturated/α-hetero) is 1. The van der Waals surface area contributed by atoms with E-state index >= 15 is 0 Å². The number of anilines is 1. The maximum Gasteiger partial charge on any atom is 0.257 e. The monoisotopic (exact) mass is 401 g/mol. The molecule has 1 saturated heterocycles. The number of rotatable bonds is 3. The molecule has 1 aliphatic rings. The second kappa shape index (κ2) is 7.99. The van der Waals surface area contributed by atoms with Crippen molar-refractivity contribution in [3.8, 4) is 6.07 Å². The Balaban J connectivity index is 1.79. The Bertz CT molecular complexity index is 924. The Kier molecular flexibility index (Phi) is 5.69. The van der Waals surface area contributed by atoms with Gasteiger partial charge in [-0.25, -0.2) is 0 Å². The molecule has 0 bridgehead atoms. The van der Waals surface area contributed by atoms with Gasteiger partial charge in [0.25, 0.3) is 5.91 Å². The van der Waals surface area contributed by atoms with Crippen LogP contribution < -0.4 is 4.90 Å². The lowest BCUT2D eigenvalue weighted by molar-refractivity contribution is 0.0746. The summed E-state index contributed by atoms with van der Waals surface area (Å²) in [5, 5.41) is 9.81. The fraction of sp³-hybridized carbons (Fsp3) is 0.250. The third-order valence-electron chi connectivity index (χ3n) is 4.59. The Morgan fingerprint density at radius 1 is 1.04 bits per heavy atom. The first-order valence-corrected chi connectivity index (χ1v) is 9.21. The van der Waals surface area contributed by atoms with Crippen molar-refractivity contribution in [2.24, 2.45) is 0 Å². The highest BCUT2D eigenvalue weighted by Gasteiger charge is 2.26. The molecule has 27 heavy (non-hydrogen) atoms. The molecule has 0 atom stereocenters. The summed E-state index contributed by atoms with van der Waals surface area (Å²) < 4.78 is 0. The van der Waals surface area contributed by atoms with Crippen molar-refractivity contribution in [1.29, 1.82) is 5.26 Å². The highest BCUT2D eigenvalue weighted by molar-refractivity contribution is 6.39. The Labute approximate surface area is 167 Å². The lowest BCUT2D eigenvalue weighted by Gasteiger charge is -2.37. The van der Waals surface area contributed by atoms with Gasteiger partial charge >= 0.3 is 0 Å². The summed E-state index contributed by atoms with van der Waals surface area (Å²) in [5.41, 5.74) is 2.11. The van der Waals surface area contributed by atoms with Gasteiger partial charge in [-0.05, 0) is 37.3 Å². The van der Waals surface area contributed by atoms with Gasteiger partial charge in [-0.3, -0.25) is 9.59 Å². The summed E-state index contributed by atoms with van der Waals surface area (Å²) in [5.74, 6) is -0.265. The molecule has 1 aliphatic heterocycles. The van der Waals surface area contributed by atoms with Gasteiger partial charge in [-0.15, -0.1) is 0 Å². The second-order valence-corrected chi connectivity index (χ2v) is 7.09. The number of ketones is 1. The van der Waals surface area contributed by atoms with Crippen LogP contribution in [0.4, 0.5) is 5.69 Å². The van der Waals surface area contributed by atoms with Crippen molar-refractivity contribution in [3.05, 3.63) is 63.1 Å². The summed E-state index contributed by atoms with van der Waals surface area (Å²) in [6.07, 6.45) is 0. The molecule has 0 unspecified atom stereocenters. The topological polar surface area (TPSA) is 64.4 Å². The van der Waals surface area contributed by atoms with E-state index in [0.29, 0.717) is 52.9 Å². The van der Waals surface area contributed by atoms with Crippen LogP contribution in [0.25, 0.3) is 0 Å². The molecule has 0 aliphatic carbocycles. The van der Waals surface area contributed by atoms with Crippen LogP contribution in [0.1, 0.15) is 33.2 Å². The van der Waals surface area contributed by atoms with Crippen LogP contribution in [-0.4, -0.2) is 42.8 Å². The maximum absolute atomic E-state index is 12.8. The second-order valence-electron chi connectivity index (χ2n) is 6.28. The van der Waals surface area contributed by atoms with E-state index in [4.69, 9.17) is 28.5 Å². The average molecular weight is 402 g/mol. The Hall–Kier alpha value is -2.55. The van der Waals surface area contributed by atoms with E-state index in [-0.39, 0.29) is 11.7 Å².